The minimum atomic E-state index is -0.289. The summed E-state index contributed by atoms with van der Waals surface area (Å²) >= 11 is 0. The highest BCUT2D eigenvalue weighted by atomic mass is 19.1. The molecule has 0 heterocycles. The second kappa shape index (κ2) is 9.71. The van der Waals surface area contributed by atoms with Gasteiger partial charge in [-0.25, -0.2) is 4.39 Å². The summed E-state index contributed by atoms with van der Waals surface area (Å²) in [6.45, 7) is 3.41. The summed E-state index contributed by atoms with van der Waals surface area (Å²) in [6, 6.07) is 14.0. The van der Waals surface area contributed by atoms with Crippen LogP contribution >= 0.6 is 0 Å². The number of hydrogen-bond acceptors (Lipinski definition) is 2. The van der Waals surface area contributed by atoms with E-state index in [0.29, 0.717) is 13.2 Å². The molecule has 3 nitrogen and oxygen atoms in total. The van der Waals surface area contributed by atoms with Crippen LogP contribution < -0.4 is 10.1 Å². The molecule has 0 unspecified atom stereocenters. The molecule has 0 aromatic heterocycles. The quantitative estimate of drug-likeness (QED) is 0.709. The molecular formula is C20H24FNO2. The predicted molar refractivity (Wildman–Crippen MR) is 93.7 cm³/mol. The Bertz CT molecular complexity index is 640. The molecule has 0 saturated carbocycles. The van der Waals surface area contributed by atoms with E-state index in [1.807, 2.05) is 18.2 Å². The van der Waals surface area contributed by atoms with Gasteiger partial charge in [0.1, 0.15) is 11.6 Å². The summed E-state index contributed by atoms with van der Waals surface area (Å²) in [4.78, 5) is 11.9. The Kier molecular flexibility index (Phi) is 7.27. The zero-order chi connectivity index (χ0) is 17.2. The van der Waals surface area contributed by atoms with Gasteiger partial charge in [-0.2, -0.15) is 0 Å². The van der Waals surface area contributed by atoms with Crippen LogP contribution in [0.15, 0.2) is 48.5 Å². The minimum Gasteiger partial charge on any atom is -0.493 e. The molecule has 2 aromatic carbocycles. The van der Waals surface area contributed by atoms with Crippen LogP contribution in [-0.2, 0) is 17.6 Å². The van der Waals surface area contributed by atoms with Gasteiger partial charge in [-0.3, -0.25) is 4.79 Å². The highest BCUT2D eigenvalue weighted by Gasteiger charge is 2.05. The van der Waals surface area contributed by atoms with E-state index >= 15 is 0 Å². The standard InChI is InChI=1S/C20H24FNO2/c1-2-14-24-19-8-4-3-6-17(19)7-5-13-22-20(23)15-16-9-11-18(21)12-10-16/h3-4,6,8-12H,2,5,7,13-15H2,1H3,(H,22,23). The third kappa shape index (κ3) is 6.03. The van der Waals surface area contributed by atoms with Gasteiger partial charge in [0.15, 0.2) is 0 Å². The Labute approximate surface area is 142 Å². The molecule has 0 aliphatic carbocycles. The maximum absolute atomic E-state index is 12.8. The highest BCUT2D eigenvalue weighted by molar-refractivity contribution is 5.78. The fourth-order valence-corrected chi connectivity index (χ4v) is 2.42. The first-order valence-corrected chi connectivity index (χ1v) is 8.41. The van der Waals surface area contributed by atoms with E-state index in [2.05, 4.69) is 18.3 Å². The van der Waals surface area contributed by atoms with E-state index in [1.165, 1.54) is 17.7 Å². The van der Waals surface area contributed by atoms with E-state index in [4.69, 9.17) is 4.74 Å². The molecule has 0 spiro atoms. The zero-order valence-electron chi connectivity index (χ0n) is 14.1. The normalized spacial score (nSPS) is 10.4. The number of nitrogens with one attached hydrogen (secondary N) is 1. The number of halogens is 1. The number of para-hydroxylation sites is 1. The van der Waals surface area contributed by atoms with Gasteiger partial charge < -0.3 is 10.1 Å². The third-order valence-corrected chi connectivity index (χ3v) is 3.66. The first kappa shape index (κ1) is 18.0. The number of aryl methyl sites for hydroxylation is 1. The molecule has 0 saturated heterocycles. The molecule has 0 aliphatic rings. The summed E-state index contributed by atoms with van der Waals surface area (Å²) in [5, 5.41) is 2.91. The molecule has 4 heteroatoms. The van der Waals surface area contributed by atoms with Crippen LogP contribution in [0.25, 0.3) is 0 Å². The molecule has 0 bridgehead atoms. The molecular weight excluding hydrogens is 305 g/mol. The van der Waals surface area contributed by atoms with Crippen molar-refractivity contribution in [2.45, 2.75) is 32.6 Å². The summed E-state index contributed by atoms with van der Waals surface area (Å²) in [5.74, 6) is 0.595. The number of hydrogen-bond donors (Lipinski definition) is 1. The van der Waals surface area contributed by atoms with Crippen molar-refractivity contribution in [3.05, 3.63) is 65.5 Å². The van der Waals surface area contributed by atoms with Crippen molar-refractivity contribution in [2.24, 2.45) is 0 Å². The number of rotatable bonds is 9. The van der Waals surface area contributed by atoms with E-state index < -0.39 is 0 Å². The minimum absolute atomic E-state index is 0.0443. The van der Waals surface area contributed by atoms with Crippen LogP contribution in [0.5, 0.6) is 5.75 Å². The highest BCUT2D eigenvalue weighted by Crippen LogP contribution is 2.19. The van der Waals surface area contributed by atoms with Gasteiger partial charge in [-0.15, -0.1) is 0 Å². The van der Waals surface area contributed by atoms with E-state index in [-0.39, 0.29) is 18.1 Å². The van der Waals surface area contributed by atoms with E-state index in [9.17, 15) is 9.18 Å². The molecule has 1 N–H and O–H groups in total. The van der Waals surface area contributed by atoms with Crippen LogP contribution in [0, 0.1) is 5.82 Å². The van der Waals surface area contributed by atoms with Crippen molar-refractivity contribution in [3.8, 4) is 5.75 Å². The maximum atomic E-state index is 12.8. The number of ether oxygens (including phenoxy) is 1. The lowest BCUT2D eigenvalue weighted by molar-refractivity contribution is -0.120. The number of carbonyl (C=O) groups is 1. The Morgan fingerprint density at radius 1 is 1.12 bits per heavy atom. The second-order valence-electron chi connectivity index (χ2n) is 5.71. The van der Waals surface area contributed by atoms with Crippen LogP contribution in [0.3, 0.4) is 0 Å². The molecule has 1 amide bonds. The van der Waals surface area contributed by atoms with Crippen LogP contribution in [-0.4, -0.2) is 19.1 Å². The lowest BCUT2D eigenvalue weighted by Crippen LogP contribution is -2.26. The molecule has 0 fully saturated rings. The third-order valence-electron chi connectivity index (χ3n) is 3.66. The smallest absolute Gasteiger partial charge is 0.224 e. The SMILES string of the molecule is CCCOc1ccccc1CCCNC(=O)Cc1ccc(F)cc1. The zero-order valence-corrected chi connectivity index (χ0v) is 14.1. The first-order chi connectivity index (χ1) is 11.7. The lowest BCUT2D eigenvalue weighted by atomic mass is 10.1. The van der Waals surface area contributed by atoms with Crippen molar-refractivity contribution in [1.82, 2.24) is 5.32 Å². The van der Waals surface area contributed by atoms with Crippen molar-refractivity contribution >= 4 is 5.91 Å². The van der Waals surface area contributed by atoms with Gasteiger partial charge in [0, 0.05) is 6.54 Å². The Morgan fingerprint density at radius 2 is 1.88 bits per heavy atom. The second-order valence-corrected chi connectivity index (χ2v) is 5.71. The van der Waals surface area contributed by atoms with Gasteiger partial charge in [0.2, 0.25) is 5.91 Å². The topological polar surface area (TPSA) is 38.3 Å². The van der Waals surface area contributed by atoms with Gasteiger partial charge in [-0.05, 0) is 48.6 Å². The molecule has 0 aliphatic heterocycles. The van der Waals surface area contributed by atoms with Crippen LogP contribution in [0.2, 0.25) is 0 Å². The van der Waals surface area contributed by atoms with Crippen molar-refractivity contribution in [1.29, 1.82) is 0 Å². The molecule has 0 atom stereocenters. The van der Waals surface area contributed by atoms with Gasteiger partial charge in [0.05, 0.1) is 13.0 Å². The van der Waals surface area contributed by atoms with Gasteiger partial charge >= 0.3 is 0 Å². The molecule has 0 radical (unpaired) electrons. The molecule has 2 aromatic rings. The number of carbonyl (C=O) groups excluding carboxylic acids is 1. The Hall–Kier alpha value is -2.36. The average Bonchev–Trinajstić information content (AvgIpc) is 2.60. The van der Waals surface area contributed by atoms with Gasteiger partial charge in [-0.1, -0.05) is 37.3 Å². The fraction of sp³-hybridized carbons (Fsp3) is 0.350. The molecule has 2 rings (SSSR count). The van der Waals surface area contributed by atoms with Crippen molar-refractivity contribution in [2.75, 3.05) is 13.2 Å². The van der Waals surface area contributed by atoms with Crippen molar-refractivity contribution < 1.29 is 13.9 Å². The monoisotopic (exact) mass is 329 g/mol. The van der Waals surface area contributed by atoms with E-state index in [0.717, 1.165) is 30.6 Å². The maximum Gasteiger partial charge on any atom is 0.224 e. The molecule has 24 heavy (non-hydrogen) atoms. The fourth-order valence-electron chi connectivity index (χ4n) is 2.42. The van der Waals surface area contributed by atoms with Gasteiger partial charge in [0.25, 0.3) is 0 Å². The summed E-state index contributed by atoms with van der Waals surface area (Å²) in [6.07, 6.45) is 2.96. The lowest BCUT2D eigenvalue weighted by Gasteiger charge is -2.11. The number of amides is 1. The average molecular weight is 329 g/mol. The number of benzene rings is 2. The summed E-state index contributed by atoms with van der Waals surface area (Å²) < 4.78 is 18.6. The summed E-state index contributed by atoms with van der Waals surface area (Å²) in [5.41, 5.74) is 1.98. The first-order valence-electron chi connectivity index (χ1n) is 8.41. The van der Waals surface area contributed by atoms with Crippen molar-refractivity contribution in [3.63, 3.8) is 0 Å². The predicted octanol–water partition coefficient (Wildman–Crippen LogP) is 3.91. The molecule has 128 valence electrons. The Morgan fingerprint density at radius 3 is 2.62 bits per heavy atom. The van der Waals surface area contributed by atoms with Crippen LogP contribution in [0.1, 0.15) is 30.9 Å². The van der Waals surface area contributed by atoms with E-state index in [1.54, 1.807) is 12.1 Å². The van der Waals surface area contributed by atoms with Crippen LogP contribution in [0.4, 0.5) is 4.39 Å². The largest absolute Gasteiger partial charge is 0.493 e. The summed E-state index contributed by atoms with van der Waals surface area (Å²) in [7, 11) is 0. The Balaban J connectivity index is 1.72.